The van der Waals surface area contributed by atoms with Gasteiger partial charge in [-0.15, -0.1) is 11.3 Å². The van der Waals surface area contributed by atoms with Gasteiger partial charge in [0.2, 0.25) is 5.90 Å². The smallest absolute Gasteiger partial charge is 0.363 e. The Hall–Kier alpha value is -2.17. The Labute approximate surface area is 137 Å². The second kappa shape index (κ2) is 6.30. The van der Waals surface area contributed by atoms with Crippen LogP contribution in [0.5, 0.6) is 0 Å². The molecule has 0 amide bonds. The van der Waals surface area contributed by atoms with Gasteiger partial charge in [0.15, 0.2) is 5.70 Å². The van der Waals surface area contributed by atoms with E-state index in [0.29, 0.717) is 10.9 Å². The van der Waals surface area contributed by atoms with E-state index >= 15 is 0 Å². The average molecular weight is 330 g/mol. The number of hydrogen-bond acceptors (Lipinski definition) is 4. The van der Waals surface area contributed by atoms with Crippen LogP contribution in [0.25, 0.3) is 6.08 Å². The Bertz CT molecular complexity index is 803. The van der Waals surface area contributed by atoms with Crippen LogP contribution in [-0.2, 0) is 9.53 Å². The molecule has 1 aliphatic heterocycles. The van der Waals surface area contributed by atoms with Crippen molar-refractivity contribution >= 4 is 40.9 Å². The topological polar surface area (TPSA) is 38.7 Å². The fourth-order valence-corrected chi connectivity index (χ4v) is 2.97. The lowest BCUT2D eigenvalue weighted by Gasteiger charge is -1.94. The molecule has 0 atom stereocenters. The SMILES string of the molecule is Cc1ccc(C2=N/C(=C/C(Cl)=C/c3ccccc3)C(=O)O2)s1. The van der Waals surface area contributed by atoms with Crippen LogP contribution < -0.4 is 0 Å². The Morgan fingerprint density at radius 2 is 2.00 bits per heavy atom. The zero-order chi connectivity index (χ0) is 15.5. The summed E-state index contributed by atoms with van der Waals surface area (Å²) in [5.74, 6) is -0.154. The van der Waals surface area contributed by atoms with Crippen LogP contribution in [0, 0.1) is 6.92 Å². The number of allylic oxidation sites excluding steroid dienone is 2. The van der Waals surface area contributed by atoms with E-state index in [4.69, 9.17) is 16.3 Å². The highest BCUT2D eigenvalue weighted by molar-refractivity contribution is 7.14. The molecule has 2 heterocycles. The van der Waals surface area contributed by atoms with Gasteiger partial charge < -0.3 is 4.74 Å². The van der Waals surface area contributed by atoms with Crippen molar-refractivity contribution in [2.24, 2.45) is 4.99 Å². The van der Waals surface area contributed by atoms with Crippen LogP contribution in [0.4, 0.5) is 0 Å². The summed E-state index contributed by atoms with van der Waals surface area (Å²) in [6.07, 6.45) is 3.29. The van der Waals surface area contributed by atoms with Gasteiger partial charge >= 0.3 is 5.97 Å². The zero-order valence-corrected chi connectivity index (χ0v) is 13.3. The Morgan fingerprint density at radius 3 is 2.68 bits per heavy atom. The lowest BCUT2D eigenvalue weighted by atomic mass is 10.2. The van der Waals surface area contributed by atoms with E-state index in [9.17, 15) is 4.79 Å². The number of thiophene rings is 1. The number of rotatable bonds is 3. The first kappa shape index (κ1) is 14.8. The first-order chi connectivity index (χ1) is 10.6. The van der Waals surface area contributed by atoms with Gasteiger partial charge in [0.25, 0.3) is 0 Å². The molecule has 0 aliphatic carbocycles. The summed E-state index contributed by atoms with van der Waals surface area (Å²) in [5, 5.41) is 0.422. The van der Waals surface area contributed by atoms with Gasteiger partial charge in [0.1, 0.15) is 0 Å². The first-order valence-corrected chi connectivity index (χ1v) is 7.83. The lowest BCUT2D eigenvalue weighted by Crippen LogP contribution is -2.03. The van der Waals surface area contributed by atoms with E-state index in [-0.39, 0.29) is 5.70 Å². The van der Waals surface area contributed by atoms with Gasteiger partial charge in [0, 0.05) is 9.91 Å². The molecule has 2 aromatic rings. The number of aryl methyl sites for hydroxylation is 1. The number of cyclic esters (lactones) is 1. The van der Waals surface area contributed by atoms with Crippen molar-refractivity contribution in [2.45, 2.75) is 6.92 Å². The maximum Gasteiger partial charge on any atom is 0.363 e. The van der Waals surface area contributed by atoms with Crippen LogP contribution in [0.15, 0.2) is 64.3 Å². The number of aliphatic imine (C=N–C) groups is 1. The standard InChI is InChI=1S/C17H12ClNO2S/c1-11-7-8-15(22-11)16-19-14(17(20)21-16)10-13(18)9-12-5-3-2-4-6-12/h2-10H,1H3/b13-9-,14-10+. The molecule has 1 aliphatic rings. The number of hydrogen-bond donors (Lipinski definition) is 0. The number of halogens is 1. The third-order valence-corrected chi connectivity index (χ3v) is 4.16. The van der Waals surface area contributed by atoms with Gasteiger partial charge in [-0.25, -0.2) is 9.79 Å². The molecule has 110 valence electrons. The van der Waals surface area contributed by atoms with Crippen molar-refractivity contribution < 1.29 is 9.53 Å². The maximum absolute atomic E-state index is 11.9. The Morgan fingerprint density at radius 1 is 1.23 bits per heavy atom. The average Bonchev–Trinajstić information content (AvgIpc) is 3.07. The van der Waals surface area contributed by atoms with Crippen molar-refractivity contribution in [3.8, 4) is 0 Å². The fraction of sp³-hybridized carbons (Fsp3) is 0.0588. The van der Waals surface area contributed by atoms with Crippen molar-refractivity contribution in [1.82, 2.24) is 0 Å². The van der Waals surface area contributed by atoms with Crippen LogP contribution in [0.3, 0.4) is 0 Å². The van der Waals surface area contributed by atoms with Gasteiger partial charge in [-0.05, 0) is 36.8 Å². The fourth-order valence-electron chi connectivity index (χ4n) is 1.94. The van der Waals surface area contributed by atoms with E-state index in [0.717, 1.165) is 15.3 Å². The first-order valence-electron chi connectivity index (χ1n) is 6.63. The van der Waals surface area contributed by atoms with Crippen LogP contribution in [-0.4, -0.2) is 11.9 Å². The second-order valence-electron chi connectivity index (χ2n) is 4.69. The van der Waals surface area contributed by atoms with E-state index in [2.05, 4.69) is 4.99 Å². The molecule has 0 fully saturated rings. The van der Waals surface area contributed by atoms with Crippen LogP contribution in [0.1, 0.15) is 15.3 Å². The quantitative estimate of drug-likeness (QED) is 0.613. The summed E-state index contributed by atoms with van der Waals surface area (Å²) in [4.78, 5) is 18.1. The highest BCUT2D eigenvalue weighted by Crippen LogP contribution is 2.24. The van der Waals surface area contributed by atoms with E-state index < -0.39 is 5.97 Å². The number of ether oxygens (including phenoxy) is 1. The molecule has 3 rings (SSSR count). The molecule has 3 nitrogen and oxygen atoms in total. The summed E-state index contributed by atoms with van der Waals surface area (Å²) in [7, 11) is 0. The van der Waals surface area contributed by atoms with Crippen molar-refractivity contribution in [3.05, 3.63) is 74.6 Å². The molecule has 0 saturated carbocycles. The van der Waals surface area contributed by atoms with Crippen molar-refractivity contribution in [3.63, 3.8) is 0 Å². The van der Waals surface area contributed by atoms with Gasteiger partial charge in [0.05, 0.1) is 4.88 Å². The predicted molar refractivity (Wildman–Crippen MR) is 90.0 cm³/mol. The number of esters is 1. The molecule has 22 heavy (non-hydrogen) atoms. The third kappa shape index (κ3) is 3.35. The highest BCUT2D eigenvalue weighted by atomic mass is 35.5. The van der Waals surface area contributed by atoms with E-state index in [1.54, 1.807) is 6.08 Å². The van der Waals surface area contributed by atoms with Crippen molar-refractivity contribution in [2.75, 3.05) is 0 Å². The summed E-state index contributed by atoms with van der Waals surface area (Å²) < 4.78 is 5.19. The van der Waals surface area contributed by atoms with Crippen LogP contribution in [0.2, 0.25) is 0 Å². The number of carbonyl (C=O) groups is 1. The Balaban J connectivity index is 1.86. The van der Waals surface area contributed by atoms with Gasteiger partial charge in [-0.2, -0.15) is 0 Å². The highest BCUT2D eigenvalue weighted by Gasteiger charge is 2.25. The van der Waals surface area contributed by atoms with Crippen molar-refractivity contribution in [1.29, 1.82) is 0 Å². The molecule has 1 aromatic heterocycles. The largest absolute Gasteiger partial charge is 0.401 e. The lowest BCUT2D eigenvalue weighted by molar-refractivity contribution is -0.130. The second-order valence-corrected chi connectivity index (χ2v) is 6.41. The molecule has 0 unspecified atom stereocenters. The predicted octanol–water partition coefficient (Wildman–Crippen LogP) is 4.52. The summed E-state index contributed by atoms with van der Waals surface area (Å²) in [6, 6.07) is 13.5. The monoisotopic (exact) mass is 329 g/mol. The zero-order valence-electron chi connectivity index (χ0n) is 11.7. The number of nitrogens with zero attached hydrogens (tertiary/aromatic N) is 1. The van der Waals surface area contributed by atoms with E-state index in [1.807, 2.05) is 49.4 Å². The molecule has 5 heteroatoms. The molecule has 0 spiro atoms. The molecule has 1 aromatic carbocycles. The van der Waals surface area contributed by atoms with E-state index in [1.165, 1.54) is 17.4 Å². The molecule has 0 saturated heterocycles. The third-order valence-electron chi connectivity index (χ3n) is 2.95. The minimum Gasteiger partial charge on any atom is -0.401 e. The van der Waals surface area contributed by atoms with Gasteiger partial charge in [-0.1, -0.05) is 41.9 Å². The minimum atomic E-state index is -0.485. The van der Waals surface area contributed by atoms with Gasteiger partial charge in [-0.3, -0.25) is 0 Å². The number of carbonyl (C=O) groups excluding carboxylic acids is 1. The molecule has 0 bridgehead atoms. The van der Waals surface area contributed by atoms with Crippen LogP contribution >= 0.6 is 22.9 Å². The molecular weight excluding hydrogens is 318 g/mol. The molecule has 0 radical (unpaired) electrons. The summed E-state index contributed by atoms with van der Waals surface area (Å²) in [6.45, 7) is 1.99. The number of benzene rings is 1. The Kier molecular flexibility index (Phi) is 4.22. The normalized spacial score (nSPS) is 16.8. The maximum atomic E-state index is 11.9. The summed E-state index contributed by atoms with van der Waals surface area (Å²) in [5.41, 5.74) is 1.16. The minimum absolute atomic E-state index is 0.207. The molecule has 0 N–H and O–H groups in total. The summed E-state index contributed by atoms with van der Waals surface area (Å²) >= 11 is 7.70. The molecular formula is C17H12ClNO2S.